The Kier molecular flexibility index (Phi) is 4.66. The predicted octanol–water partition coefficient (Wildman–Crippen LogP) is 2.97. The van der Waals surface area contributed by atoms with Gasteiger partial charge in [0.25, 0.3) is 0 Å². The molecule has 3 N–H and O–H groups in total. The van der Waals surface area contributed by atoms with Crippen LogP contribution in [0.25, 0.3) is 0 Å². The van der Waals surface area contributed by atoms with E-state index in [4.69, 9.17) is 4.74 Å². The summed E-state index contributed by atoms with van der Waals surface area (Å²) in [5.41, 5.74) is 2.27. The predicted molar refractivity (Wildman–Crippen MR) is 82.7 cm³/mol. The Bertz CT molecular complexity index is 641. The molecule has 2 aromatic carbocycles. The lowest BCUT2D eigenvalue weighted by molar-refractivity contribution is -0.114. The lowest BCUT2D eigenvalue weighted by Crippen LogP contribution is -2.07. The molecule has 0 aliphatic rings. The minimum atomic E-state index is -0.150. The van der Waals surface area contributed by atoms with Gasteiger partial charge in [-0.1, -0.05) is 18.2 Å². The molecule has 0 spiro atoms. The highest BCUT2D eigenvalue weighted by Gasteiger charge is 2.06. The highest BCUT2D eigenvalue weighted by atomic mass is 16.5. The zero-order valence-electron chi connectivity index (χ0n) is 12.0. The van der Waals surface area contributed by atoms with Crippen molar-refractivity contribution in [2.24, 2.45) is 0 Å². The summed E-state index contributed by atoms with van der Waals surface area (Å²) < 4.78 is 5.26. The Morgan fingerprint density at radius 1 is 1.24 bits per heavy atom. The van der Waals surface area contributed by atoms with Gasteiger partial charge in [-0.3, -0.25) is 4.79 Å². The molecule has 0 heterocycles. The lowest BCUT2D eigenvalue weighted by atomic mass is 10.2. The van der Waals surface area contributed by atoms with Gasteiger partial charge in [0, 0.05) is 30.8 Å². The molecular weight excluding hydrogens is 268 g/mol. The SMILES string of the molecule is COc1cc(NCc2ccccc2O)ccc1NC(C)=O. The van der Waals surface area contributed by atoms with Crippen LogP contribution in [0, 0.1) is 0 Å². The molecule has 0 saturated carbocycles. The number of hydrogen-bond donors (Lipinski definition) is 3. The number of phenolic OH excluding ortho intramolecular Hbond substituents is 1. The number of para-hydroxylation sites is 1. The molecule has 0 bridgehead atoms. The average Bonchev–Trinajstić information content (AvgIpc) is 2.47. The van der Waals surface area contributed by atoms with Crippen LogP contribution in [0.5, 0.6) is 11.5 Å². The number of nitrogens with one attached hydrogen (secondary N) is 2. The molecule has 0 saturated heterocycles. The fourth-order valence-electron chi connectivity index (χ4n) is 1.95. The van der Waals surface area contributed by atoms with E-state index >= 15 is 0 Å². The number of phenols is 1. The van der Waals surface area contributed by atoms with Gasteiger partial charge in [-0.15, -0.1) is 0 Å². The van der Waals surface area contributed by atoms with Crippen molar-refractivity contribution in [1.29, 1.82) is 0 Å². The molecule has 2 aromatic rings. The first kappa shape index (κ1) is 14.7. The molecule has 5 nitrogen and oxygen atoms in total. The third-order valence-corrected chi connectivity index (χ3v) is 2.99. The number of aromatic hydroxyl groups is 1. The maximum atomic E-state index is 11.1. The van der Waals surface area contributed by atoms with Gasteiger partial charge in [-0.25, -0.2) is 0 Å². The van der Waals surface area contributed by atoms with Crippen LogP contribution in [0.4, 0.5) is 11.4 Å². The van der Waals surface area contributed by atoms with Crippen LogP contribution in [0.1, 0.15) is 12.5 Å². The van der Waals surface area contributed by atoms with Crippen molar-refractivity contribution in [3.63, 3.8) is 0 Å². The van der Waals surface area contributed by atoms with Crippen LogP contribution in [0.3, 0.4) is 0 Å². The molecule has 0 atom stereocenters. The fourth-order valence-corrected chi connectivity index (χ4v) is 1.95. The van der Waals surface area contributed by atoms with Crippen molar-refractivity contribution in [2.75, 3.05) is 17.7 Å². The van der Waals surface area contributed by atoms with Crippen molar-refractivity contribution >= 4 is 17.3 Å². The number of carbonyl (C=O) groups excluding carboxylic acids is 1. The van der Waals surface area contributed by atoms with Crippen molar-refractivity contribution < 1.29 is 14.6 Å². The number of rotatable bonds is 5. The summed E-state index contributed by atoms with van der Waals surface area (Å²) in [5, 5.41) is 15.6. The molecule has 2 rings (SSSR count). The van der Waals surface area contributed by atoms with Crippen LogP contribution in [0.2, 0.25) is 0 Å². The van der Waals surface area contributed by atoms with E-state index in [1.807, 2.05) is 18.2 Å². The number of amides is 1. The third kappa shape index (κ3) is 3.89. The largest absolute Gasteiger partial charge is 0.508 e. The number of hydrogen-bond acceptors (Lipinski definition) is 4. The van der Waals surface area contributed by atoms with Gasteiger partial charge in [-0.05, 0) is 18.2 Å². The Labute approximate surface area is 123 Å². The number of methoxy groups -OCH3 is 1. The van der Waals surface area contributed by atoms with Gasteiger partial charge >= 0.3 is 0 Å². The second-order valence-corrected chi connectivity index (χ2v) is 4.58. The van der Waals surface area contributed by atoms with Crippen LogP contribution >= 0.6 is 0 Å². The Morgan fingerprint density at radius 3 is 2.67 bits per heavy atom. The first-order valence-electron chi connectivity index (χ1n) is 6.56. The number of ether oxygens (including phenoxy) is 1. The van der Waals surface area contributed by atoms with Gasteiger partial charge in [0.05, 0.1) is 12.8 Å². The fraction of sp³-hybridized carbons (Fsp3) is 0.188. The summed E-state index contributed by atoms with van der Waals surface area (Å²) in [6.45, 7) is 1.94. The van der Waals surface area contributed by atoms with E-state index in [1.54, 1.807) is 31.4 Å². The van der Waals surface area contributed by atoms with E-state index in [-0.39, 0.29) is 11.7 Å². The average molecular weight is 286 g/mol. The van der Waals surface area contributed by atoms with Gasteiger partial charge < -0.3 is 20.5 Å². The van der Waals surface area contributed by atoms with Gasteiger partial charge in [-0.2, -0.15) is 0 Å². The quantitative estimate of drug-likeness (QED) is 0.790. The lowest BCUT2D eigenvalue weighted by Gasteiger charge is -2.13. The van der Waals surface area contributed by atoms with E-state index in [0.717, 1.165) is 11.3 Å². The van der Waals surface area contributed by atoms with E-state index in [1.165, 1.54) is 6.92 Å². The topological polar surface area (TPSA) is 70.6 Å². The summed E-state index contributed by atoms with van der Waals surface area (Å²) in [7, 11) is 1.55. The summed E-state index contributed by atoms with van der Waals surface area (Å²) in [5.74, 6) is 0.683. The Hall–Kier alpha value is -2.69. The molecule has 21 heavy (non-hydrogen) atoms. The van der Waals surface area contributed by atoms with Gasteiger partial charge in [0.2, 0.25) is 5.91 Å². The zero-order chi connectivity index (χ0) is 15.2. The minimum absolute atomic E-state index is 0.150. The second kappa shape index (κ2) is 6.65. The maximum absolute atomic E-state index is 11.1. The van der Waals surface area contributed by atoms with Crippen molar-refractivity contribution in [3.05, 3.63) is 48.0 Å². The summed E-state index contributed by atoms with van der Waals surface area (Å²) in [6, 6.07) is 12.6. The molecule has 0 radical (unpaired) electrons. The van der Waals surface area contributed by atoms with E-state index < -0.39 is 0 Å². The number of benzene rings is 2. The van der Waals surface area contributed by atoms with Crippen LogP contribution < -0.4 is 15.4 Å². The van der Waals surface area contributed by atoms with Gasteiger partial charge in [0.15, 0.2) is 0 Å². The molecule has 0 unspecified atom stereocenters. The highest BCUT2D eigenvalue weighted by Crippen LogP contribution is 2.28. The van der Waals surface area contributed by atoms with Crippen molar-refractivity contribution in [1.82, 2.24) is 0 Å². The molecule has 5 heteroatoms. The Morgan fingerprint density at radius 2 is 2.00 bits per heavy atom. The first-order chi connectivity index (χ1) is 10.1. The van der Waals surface area contributed by atoms with E-state index in [2.05, 4.69) is 10.6 Å². The van der Waals surface area contributed by atoms with Crippen LogP contribution in [0.15, 0.2) is 42.5 Å². The molecule has 0 aromatic heterocycles. The van der Waals surface area contributed by atoms with Crippen molar-refractivity contribution in [2.45, 2.75) is 13.5 Å². The minimum Gasteiger partial charge on any atom is -0.508 e. The third-order valence-electron chi connectivity index (χ3n) is 2.99. The molecule has 0 aliphatic heterocycles. The van der Waals surface area contributed by atoms with Crippen molar-refractivity contribution in [3.8, 4) is 11.5 Å². The van der Waals surface area contributed by atoms with Crippen LogP contribution in [-0.4, -0.2) is 18.1 Å². The molecule has 110 valence electrons. The molecule has 0 fully saturated rings. The van der Waals surface area contributed by atoms with Crippen LogP contribution in [-0.2, 0) is 11.3 Å². The zero-order valence-corrected chi connectivity index (χ0v) is 12.0. The molecular formula is C16H18N2O3. The number of carbonyl (C=O) groups is 1. The highest BCUT2D eigenvalue weighted by molar-refractivity contribution is 5.90. The standard InChI is InChI=1S/C16H18N2O3/c1-11(19)18-14-8-7-13(9-16(14)21-2)17-10-12-5-3-4-6-15(12)20/h3-9,17,20H,10H2,1-2H3,(H,18,19). The first-order valence-corrected chi connectivity index (χ1v) is 6.56. The van der Waals surface area contributed by atoms with E-state index in [0.29, 0.717) is 18.0 Å². The summed E-state index contributed by atoms with van der Waals surface area (Å²) in [4.78, 5) is 11.1. The Balaban J connectivity index is 2.11. The number of anilines is 2. The van der Waals surface area contributed by atoms with Gasteiger partial charge in [0.1, 0.15) is 11.5 Å². The maximum Gasteiger partial charge on any atom is 0.221 e. The summed E-state index contributed by atoms with van der Waals surface area (Å²) in [6.07, 6.45) is 0. The second-order valence-electron chi connectivity index (χ2n) is 4.58. The molecule has 1 amide bonds. The monoisotopic (exact) mass is 286 g/mol. The summed E-state index contributed by atoms with van der Waals surface area (Å²) >= 11 is 0. The smallest absolute Gasteiger partial charge is 0.221 e. The van der Waals surface area contributed by atoms with E-state index in [9.17, 15) is 9.90 Å². The normalized spacial score (nSPS) is 10.0. The molecule has 0 aliphatic carbocycles.